The minimum atomic E-state index is -0.160. The molecule has 2 nitrogen and oxygen atoms in total. The molecule has 0 N–H and O–H groups in total. The van der Waals surface area contributed by atoms with E-state index in [0.29, 0.717) is 5.02 Å². The Hall–Kier alpha value is 0.0400. The second-order valence-electron chi connectivity index (χ2n) is 4.44. The molecule has 1 fully saturated rings. The van der Waals surface area contributed by atoms with Crippen molar-refractivity contribution in [3.05, 3.63) is 27.2 Å². The molecule has 5 heteroatoms. The predicted molar refractivity (Wildman–Crippen MR) is 77.8 cm³/mol. The van der Waals surface area contributed by atoms with Gasteiger partial charge in [0.2, 0.25) is 0 Å². The number of rotatable bonds is 3. The van der Waals surface area contributed by atoms with E-state index in [1.807, 2.05) is 12.1 Å². The molecule has 0 aliphatic carbocycles. The Labute approximate surface area is 126 Å². The summed E-state index contributed by atoms with van der Waals surface area (Å²) in [7, 11) is 1.63. The molecule has 0 spiro atoms. The monoisotopic (exact) mass is 352 g/mol. The average molecular weight is 354 g/mol. The Morgan fingerprint density at radius 3 is 2.78 bits per heavy atom. The summed E-state index contributed by atoms with van der Waals surface area (Å²) in [5, 5.41) is 0.488. The minimum absolute atomic E-state index is 0.160. The first-order chi connectivity index (χ1) is 8.54. The average Bonchev–Trinajstić information content (AvgIpc) is 2.73. The van der Waals surface area contributed by atoms with Gasteiger partial charge in [-0.25, -0.2) is 0 Å². The molecule has 100 valence electrons. The number of benzene rings is 1. The molecule has 1 saturated heterocycles. The number of hydrogen-bond acceptors (Lipinski definition) is 2. The lowest BCUT2D eigenvalue weighted by Gasteiger charge is -2.23. The Balaban J connectivity index is 2.37. The standard InChI is InChI=1S/C13H15BrCl2O2/c1-7-9(3-4-18-7)12(16)10-5-8(15)6-11(14)13(10)17-2/h5-7,9,12H,3-4H2,1-2H3. The fraction of sp³-hybridized carbons (Fsp3) is 0.538. The van der Waals surface area contributed by atoms with Crippen LogP contribution in [0.2, 0.25) is 5.02 Å². The SMILES string of the molecule is COc1c(Br)cc(Cl)cc1C(Cl)C1CCOC1C. The van der Waals surface area contributed by atoms with Gasteiger partial charge < -0.3 is 9.47 Å². The van der Waals surface area contributed by atoms with Gasteiger partial charge in [0.15, 0.2) is 0 Å². The summed E-state index contributed by atoms with van der Waals surface area (Å²) in [4.78, 5) is 0. The first kappa shape index (κ1) is 14.4. The number of alkyl halides is 1. The maximum Gasteiger partial charge on any atom is 0.137 e. The summed E-state index contributed by atoms with van der Waals surface area (Å²) in [6.07, 6.45) is 1.12. The molecule has 3 atom stereocenters. The predicted octanol–water partition coefficient (Wildman–Crippen LogP) is 4.82. The van der Waals surface area contributed by atoms with Crippen LogP contribution in [0.1, 0.15) is 24.3 Å². The first-order valence-corrected chi connectivity index (χ1v) is 7.44. The summed E-state index contributed by atoms with van der Waals surface area (Å²) < 4.78 is 11.8. The lowest BCUT2D eigenvalue weighted by atomic mass is 9.93. The summed E-state index contributed by atoms with van der Waals surface area (Å²) in [6, 6.07) is 3.68. The third-order valence-corrected chi connectivity index (χ3v) is 4.72. The van der Waals surface area contributed by atoms with Gasteiger partial charge in [-0.15, -0.1) is 11.6 Å². The zero-order valence-corrected chi connectivity index (χ0v) is 13.3. The van der Waals surface area contributed by atoms with Crippen molar-refractivity contribution < 1.29 is 9.47 Å². The van der Waals surface area contributed by atoms with Gasteiger partial charge in [-0.2, -0.15) is 0 Å². The van der Waals surface area contributed by atoms with Gasteiger partial charge in [0.1, 0.15) is 5.75 Å². The van der Waals surface area contributed by atoms with E-state index in [2.05, 4.69) is 22.9 Å². The van der Waals surface area contributed by atoms with Gasteiger partial charge >= 0.3 is 0 Å². The largest absolute Gasteiger partial charge is 0.495 e. The second kappa shape index (κ2) is 6.00. The van der Waals surface area contributed by atoms with Crippen LogP contribution in [-0.4, -0.2) is 19.8 Å². The van der Waals surface area contributed by atoms with Crippen LogP contribution in [0.4, 0.5) is 0 Å². The molecular formula is C13H15BrCl2O2. The van der Waals surface area contributed by atoms with Crippen molar-refractivity contribution in [3.63, 3.8) is 0 Å². The molecule has 1 aromatic rings. The Morgan fingerprint density at radius 2 is 2.22 bits per heavy atom. The highest BCUT2D eigenvalue weighted by Gasteiger charge is 2.33. The summed E-state index contributed by atoms with van der Waals surface area (Å²) in [5.41, 5.74) is 0.917. The molecule has 2 rings (SSSR count). The minimum Gasteiger partial charge on any atom is -0.495 e. The number of hydrogen-bond donors (Lipinski definition) is 0. The van der Waals surface area contributed by atoms with Crippen LogP contribution in [0.3, 0.4) is 0 Å². The molecule has 0 aromatic heterocycles. The highest BCUT2D eigenvalue weighted by atomic mass is 79.9. The van der Waals surface area contributed by atoms with Crippen LogP contribution in [0.25, 0.3) is 0 Å². The van der Waals surface area contributed by atoms with Crippen molar-refractivity contribution in [3.8, 4) is 5.75 Å². The summed E-state index contributed by atoms with van der Waals surface area (Å²) in [6.45, 7) is 2.82. The highest BCUT2D eigenvalue weighted by molar-refractivity contribution is 9.10. The molecule has 0 amide bonds. The molecule has 1 aromatic carbocycles. The number of methoxy groups -OCH3 is 1. The molecule has 1 heterocycles. The Kier molecular flexibility index (Phi) is 4.81. The van der Waals surface area contributed by atoms with E-state index in [4.69, 9.17) is 32.7 Å². The zero-order valence-electron chi connectivity index (χ0n) is 10.3. The summed E-state index contributed by atoms with van der Waals surface area (Å²) >= 11 is 16.1. The van der Waals surface area contributed by atoms with E-state index in [9.17, 15) is 0 Å². The molecule has 0 bridgehead atoms. The normalized spacial score (nSPS) is 25.2. The fourth-order valence-corrected chi connectivity index (χ4v) is 3.85. The van der Waals surface area contributed by atoms with Gasteiger partial charge in [-0.1, -0.05) is 11.6 Å². The summed E-state index contributed by atoms with van der Waals surface area (Å²) in [5.74, 6) is 1.03. The third-order valence-electron chi connectivity index (χ3n) is 3.35. The lowest BCUT2D eigenvalue weighted by Crippen LogP contribution is -2.17. The van der Waals surface area contributed by atoms with E-state index < -0.39 is 0 Å². The van der Waals surface area contributed by atoms with Gasteiger partial charge in [0.25, 0.3) is 0 Å². The van der Waals surface area contributed by atoms with Crippen molar-refractivity contribution in [2.45, 2.75) is 24.8 Å². The lowest BCUT2D eigenvalue weighted by molar-refractivity contribution is 0.104. The van der Waals surface area contributed by atoms with Gasteiger partial charge in [-0.3, -0.25) is 0 Å². The van der Waals surface area contributed by atoms with Crippen molar-refractivity contribution in [2.24, 2.45) is 5.92 Å². The third kappa shape index (κ3) is 2.79. The van der Waals surface area contributed by atoms with Crippen molar-refractivity contribution in [1.29, 1.82) is 0 Å². The van der Waals surface area contributed by atoms with Crippen molar-refractivity contribution in [1.82, 2.24) is 0 Å². The van der Waals surface area contributed by atoms with Gasteiger partial charge in [0, 0.05) is 23.1 Å². The van der Waals surface area contributed by atoms with E-state index >= 15 is 0 Å². The molecule has 18 heavy (non-hydrogen) atoms. The van der Waals surface area contributed by atoms with Gasteiger partial charge in [0.05, 0.1) is 23.1 Å². The highest BCUT2D eigenvalue weighted by Crippen LogP contribution is 2.45. The van der Waals surface area contributed by atoms with Gasteiger partial charge in [-0.05, 0) is 41.4 Å². The maximum atomic E-state index is 6.60. The quantitative estimate of drug-likeness (QED) is 0.725. The van der Waals surface area contributed by atoms with E-state index in [1.54, 1.807) is 7.11 Å². The fourth-order valence-electron chi connectivity index (χ4n) is 2.36. The van der Waals surface area contributed by atoms with Crippen LogP contribution in [0, 0.1) is 5.92 Å². The van der Waals surface area contributed by atoms with E-state index in [-0.39, 0.29) is 17.4 Å². The molecule has 0 radical (unpaired) electrons. The van der Waals surface area contributed by atoms with E-state index in [1.165, 1.54) is 0 Å². The van der Waals surface area contributed by atoms with Crippen molar-refractivity contribution in [2.75, 3.05) is 13.7 Å². The van der Waals surface area contributed by atoms with Crippen LogP contribution >= 0.6 is 39.1 Å². The van der Waals surface area contributed by atoms with E-state index in [0.717, 1.165) is 28.8 Å². The number of ether oxygens (including phenoxy) is 2. The molecule has 0 saturated carbocycles. The molecule has 1 aliphatic rings. The van der Waals surface area contributed by atoms with Crippen LogP contribution in [0.5, 0.6) is 5.75 Å². The smallest absolute Gasteiger partial charge is 0.137 e. The number of halogens is 3. The molecular weight excluding hydrogens is 339 g/mol. The first-order valence-electron chi connectivity index (χ1n) is 5.83. The van der Waals surface area contributed by atoms with Crippen LogP contribution < -0.4 is 4.74 Å². The van der Waals surface area contributed by atoms with Crippen LogP contribution in [-0.2, 0) is 4.74 Å². The molecule has 1 aliphatic heterocycles. The Morgan fingerprint density at radius 1 is 1.50 bits per heavy atom. The topological polar surface area (TPSA) is 18.5 Å². The van der Waals surface area contributed by atoms with Crippen LogP contribution in [0.15, 0.2) is 16.6 Å². The Bertz CT molecular complexity index is 439. The molecule has 3 unspecified atom stereocenters. The zero-order chi connectivity index (χ0) is 13.3. The maximum absolute atomic E-state index is 6.60. The second-order valence-corrected chi connectivity index (χ2v) is 6.20. The van der Waals surface area contributed by atoms with Crippen molar-refractivity contribution >= 4 is 39.1 Å².